The molecule has 30 heavy (non-hydrogen) atoms. The van der Waals surface area contributed by atoms with E-state index in [0.29, 0.717) is 17.4 Å². The summed E-state index contributed by atoms with van der Waals surface area (Å²) in [6.45, 7) is 1.76. The molecule has 0 saturated heterocycles. The van der Waals surface area contributed by atoms with Gasteiger partial charge < -0.3 is 15.5 Å². The second-order valence-corrected chi connectivity index (χ2v) is 7.30. The molecule has 2 aromatic heterocycles. The van der Waals surface area contributed by atoms with E-state index in [0.717, 1.165) is 5.56 Å². The van der Waals surface area contributed by atoms with Gasteiger partial charge in [-0.2, -0.15) is 0 Å². The molecule has 4 rings (SSSR count). The number of aliphatic hydroxyl groups is 1. The third-order valence-corrected chi connectivity index (χ3v) is 5.27. The Morgan fingerprint density at radius 2 is 2.03 bits per heavy atom. The maximum atomic E-state index is 15.3. The van der Waals surface area contributed by atoms with Crippen LogP contribution >= 0.6 is 0 Å². The predicted octanol–water partition coefficient (Wildman–Crippen LogP) is 3.40. The van der Waals surface area contributed by atoms with Crippen LogP contribution in [0.25, 0.3) is 21.9 Å². The van der Waals surface area contributed by atoms with Crippen molar-refractivity contribution >= 4 is 34.3 Å². The Hall–Kier alpha value is -3.59. The average molecular weight is 410 g/mol. The molecule has 1 aliphatic rings. The molecule has 1 aliphatic carbocycles. The highest BCUT2D eigenvalue weighted by atomic mass is 19.1. The molecule has 0 spiro atoms. The van der Waals surface area contributed by atoms with E-state index in [-0.39, 0.29) is 46.8 Å². The number of amides is 2. The Labute approximate surface area is 170 Å². The van der Waals surface area contributed by atoms with Gasteiger partial charge in [0.25, 0.3) is 0 Å². The zero-order valence-electron chi connectivity index (χ0n) is 16.0. The number of halogens is 1. The van der Waals surface area contributed by atoms with E-state index in [1.54, 1.807) is 31.3 Å². The second-order valence-electron chi connectivity index (χ2n) is 7.30. The van der Waals surface area contributed by atoms with Gasteiger partial charge in [0.1, 0.15) is 5.82 Å². The van der Waals surface area contributed by atoms with Gasteiger partial charge >= 0.3 is 6.09 Å². The van der Waals surface area contributed by atoms with Gasteiger partial charge in [0.05, 0.1) is 5.69 Å². The summed E-state index contributed by atoms with van der Waals surface area (Å²) in [5, 5.41) is 23.9. The number of anilines is 2. The number of carbonyl (C=O) groups excluding carboxylic acids is 1. The SMILES string of the molecule is Cc1ccncc1-c1cc2cc(NC(=O)C3CC3CO)ncc2c(NC(=O)O)c1F. The van der Waals surface area contributed by atoms with E-state index in [4.69, 9.17) is 10.2 Å². The molecule has 1 aromatic carbocycles. The molecule has 154 valence electrons. The lowest BCUT2D eigenvalue weighted by Crippen LogP contribution is -2.16. The summed E-state index contributed by atoms with van der Waals surface area (Å²) in [6.07, 6.45) is 3.63. The molecule has 3 aromatic rings. The van der Waals surface area contributed by atoms with Crippen molar-refractivity contribution in [2.24, 2.45) is 11.8 Å². The number of carboxylic acid groups (broad SMARTS) is 1. The fourth-order valence-electron chi connectivity index (χ4n) is 3.50. The first-order chi connectivity index (χ1) is 14.4. The standard InChI is InChI=1S/C21H19FN4O4/c1-10-2-3-23-7-15(10)14-4-11-6-17(25-20(28)13-5-12(13)9-27)24-8-16(11)19(18(14)22)26-21(29)30/h2-4,6-8,12-13,26-27H,5,9H2,1H3,(H,29,30)(H,24,25,28). The molecule has 0 bridgehead atoms. The van der Waals surface area contributed by atoms with Crippen molar-refractivity contribution < 1.29 is 24.2 Å². The van der Waals surface area contributed by atoms with Crippen molar-refractivity contribution in [2.45, 2.75) is 13.3 Å². The summed E-state index contributed by atoms with van der Waals surface area (Å²) in [5.74, 6) is -0.999. The Bertz CT molecular complexity index is 1170. The Morgan fingerprint density at radius 3 is 2.70 bits per heavy atom. The normalized spacial score (nSPS) is 17.6. The number of aliphatic hydroxyl groups excluding tert-OH is 1. The molecular weight excluding hydrogens is 391 g/mol. The van der Waals surface area contributed by atoms with Gasteiger partial charge in [-0.3, -0.25) is 15.1 Å². The maximum absolute atomic E-state index is 15.3. The Balaban J connectivity index is 1.80. The van der Waals surface area contributed by atoms with Crippen LogP contribution in [0.3, 0.4) is 0 Å². The first kappa shape index (κ1) is 19.7. The van der Waals surface area contributed by atoms with Crippen LogP contribution in [0.2, 0.25) is 0 Å². The van der Waals surface area contributed by atoms with Crippen LogP contribution in [-0.2, 0) is 4.79 Å². The van der Waals surface area contributed by atoms with E-state index in [1.165, 1.54) is 12.4 Å². The van der Waals surface area contributed by atoms with Crippen LogP contribution in [0.15, 0.2) is 36.8 Å². The minimum atomic E-state index is -1.41. The zero-order chi connectivity index (χ0) is 21.4. The van der Waals surface area contributed by atoms with Crippen molar-refractivity contribution in [3.63, 3.8) is 0 Å². The first-order valence-corrected chi connectivity index (χ1v) is 9.34. The minimum absolute atomic E-state index is 0.0360. The highest BCUT2D eigenvalue weighted by molar-refractivity contribution is 6.04. The number of hydrogen-bond donors (Lipinski definition) is 4. The fourth-order valence-corrected chi connectivity index (χ4v) is 3.50. The molecule has 4 N–H and O–H groups in total. The van der Waals surface area contributed by atoms with Crippen LogP contribution in [0, 0.1) is 24.6 Å². The van der Waals surface area contributed by atoms with E-state index < -0.39 is 11.9 Å². The van der Waals surface area contributed by atoms with Crippen molar-refractivity contribution in [3.05, 3.63) is 48.2 Å². The molecule has 8 nitrogen and oxygen atoms in total. The van der Waals surface area contributed by atoms with Gasteiger partial charge in [0.15, 0.2) is 5.82 Å². The Kier molecular flexibility index (Phi) is 5.04. The van der Waals surface area contributed by atoms with E-state index in [1.807, 2.05) is 0 Å². The lowest BCUT2D eigenvalue weighted by Gasteiger charge is -2.14. The maximum Gasteiger partial charge on any atom is 0.409 e. The number of nitrogens with one attached hydrogen (secondary N) is 2. The van der Waals surface area contributed by atoms with Crippen molar-refractivity contribution in [1.29, 1.82) is 0 Å². The van der Waals surface area contributed by atoms with E-state index in [9.17, 15) is 9.59 Å². The number of nitrogens with zero attached hydrogens (tertiary/aromatic N) is 2. The van der Waals surface area contributed by atoms with Gasteiger partial charge in [0.2, 0.25) is 5.91 Å². The van der Waals surface area contributed by atoms with Crippen LogP contribution in [0.5, 0.6) is 0 Å². The molecule has 2 heterocycles. The summed E-state index contributed by atoms with van der Waals surface area (Å²) >= 11 is 0. The van der Waals surface area contributed by atoms with Crippen LogP contribution in [0.1, 0.15) is 12.0 Å². The summed E-state index contributed by atoms with van der Waals surface area (Å²) in [6, 6.07) is 4.87. The quantitative estimate of drug-likeness (QED) is 0.511. The number of pyridine rings is 2. The minimum Gasteiger partial charge on any atom is -0.465 e. The number of aromatic nitrogens is 2. The molecule has 2 amide bonds. The topological polar surface area (TPSA) is 124 Å². The molecule has 1 fully saturated rings. The monoisotopic (exact) mass is 410 g/mol. The van der Waals surface area contributed by atoms with Crippen molar-refractivity contribution in [2.75, 3.05) is 17.2 Å². The molecule has 1 saturated carbocycles. The predicted molar refractivity (Wildman–Crippen MR) is 109 cm³/mol. The molecule has 9 heteroatoms. The third kappa shape index (κ3) is 3.67. The van der Waals surface area contributed by atoms with E-state index in [2.05, 4.69) is 20.6 Å². The number of aryl methyl sites for hydroxylation is 1. The lowest BCUT2D eigenvalue weighted by molar-refractivity contribution is -0.117. The largest absolute Gasteiger partial charge is 0.465 e. The van der Waals surface area contributed by atoms with Gasteiger partial charge in [-0.05, 0) is 48.4 Å². The lowest BCUT2D eigenvalue weighted by atomic mass is 9.98. The molecule has 0 radical (unpaired) electrons. The first-order valence-electron chi connectivity index (χ1n) is 9.34. The summed E-state index contributed by atoms with van der Waals surface area (Å²) < 4.78 is 15.3. The second kappa shape index (κ2) is 7.68. The summed E-state index contributed by atoms with van der Waals surface area (Å²) in [5.41, 5.74) is 1.27. The third-order valence-electron chi connectivity index (χ3n) is 5.27. The Morgan fingerprint density at radius 1 is 1.23 bits per heavy atom. The van der Waals surface area contributed by atoms with Crippen LogP contribution in [0.4, 0.5) is 20.7 Å². The number of carbonyl (C=O) groups is 2. The summed E-state index contributed by atoms with van der Waals surface area (Å²) in [7, 11) is 0. The summed E-state index contributed by atoms with van der Waals surface area (Å²) in [4.78, 5) is 31.7. The molecular formula is C21H19FN4O4. The number of rotatable bonds is 5. The van der Waals surface area contributed by atoms with Gasteiger partial charge in [-0.25, -0.2) is 14.2 Å². The van der Waals surface area contributed by atoms with Crippen molar-refractivity contribution in [1.82, 2.24) is 9.97 Å². The average Bonchev–Trinajstić information content (AvgIpc) is 3.50. The number of fused-ring (bicyclic) bond motifs is 1. The highest BCUT2D eigenvalue weighted by Gasteiger charge is 2.42. The number of hydrogen-bond acceptors (Lipinski definition) is 5. The number of benzene rings is 1. The van der Waals surface area contributed by atoms with Gasteiger partial charge in [0, 0.05) is 47.6 Å². The molecule has 2 unspecified atom stereocenters. The molecule has 0 aliphatic heterocycles. The van der Waals surface area contributed by atoms with Crippen LogP contribution < -0.4 is 10.6 Å². The fraction of sp³-hybridized carbons (Fsp3) is 0.238. The zero-order valence-corrected chi connectivity index (χ0v) is 16.0. The molecule has 2 atom stereocenters. The van der Waals surface area contributed by atoms with Gasteiger partial charge in [-0.15, -0.1) is 0 Å². The van der Waals surface area contributed by atoms with Crippen LogP contribution in [-0.4, -0.2) is 38.8 Å². The van der Waals surface area contributed by atoms with Crippen molar-refractivity contribution in [3.8, 4) is 11.1 Å². The van der Waals surface area contributed by atoms with Gasteiger partial charge in [-0.1, -0.05) is 0 Å². The smallest absolute Gasteiger partial charge is 0.409 e. The highest BCUT2D eigenvalue weighted by Crippen LogP contribution is 2.39. The van der Waals surface area contributed by atoms with E-state index >= 15 is 4.39 Å².